The zero-order valence-electron chi connectivity index (χ0n) is 10.4. The van der Waals surface area contributed by atoms with Crippen LogP contribution in [0.2, 0.25) is 5.02 Å². The van der Waals surface area contributed by atoms with E-state index < -0.39 is 0 Å². The number of anilines is 3. The normalized spacial score (nSPS) is 10.2. The Balaban J connectivity index is 2.23. The fourth-order valence-electron chi connectivity index (χ4n) is 1.55. The van der Waals surface area contributed by atoms with Crippen molar-refractivity contribution in [1.82, 2.24) is 9.97 Å². The number of hydrogen-bond acceptors (Lipinski definition) is 4. The van der Waals surface area contributed by atoms with Crippen LogP contribution in [0.15, 0.2) is 30.5 Å². The molecule has 0 saturated heterocycles. The largest absolute Gasteiger partial charge is 0.354 e. The summed E-state index contributed by atoms with van der Waals surface area (Å²) in [4.78, 5) is 8.47. The van der Waals surface area contributed by atoms with Crippen molar-refractivity contribution in [2.45, 2.75) is 13.8 Å². The van der Waals surface area contributed by atoms with Gasteiger partial charge >= 0.3 is 0 Å². The van der Waals surface area contributed by atoms with Crippen molar-refractivity contribution in [3.05, 3.63) is 41.0 Å². The quantitative estimate of drug-likeness (QED) is 0.884. The van der Waals surface area contributed by atoms with E-state index in [1.54, 1.807) is 6.20 Å². The highest BCUT2D eigenvalue weighted by Crippen LogP contribution is 2.25. The van der Waals surface area contributed by atoms with Crippen LogP contribution in [0.4, 0.5) is 17.5 Å². The number of halogens is 1. The molecule has 1 aromatic carbocycles. The van der Waals surface area contributed by atoms with Crippen LogP contribution in [0.25, 0.3) is 0 Å². The standard InChI is InChI=1S/C13H15ClN4/c1-3-15-13-16-8-7-12(18-13)17-11-6-4-5-10(14)9(11)2/h4-8H,3H2,1-2H3,(H2,15,16,17,18). The van der Waals surface area contributed by atoms with E-state index in [2.05, 4.69) is 20.6 Å². The Bertz CT molecular complexity index is 542. The van der Waals surface area contributed by atoms with Gasteiger partial charge in [-0.05, 0) is 37.6 Å². The Morgan fingerprint density at radius 3 is 2.89 bits per heavy atom. The van der Waals surface area contributed by atoms with Crippen molar-refractivity contribution < 1.29 is 0 Å². The number of hydrogen-bond donors (Lipinski definition) is 2. The molecule has 0 radical (unpaired) electrons. The smallest absolute Gasteiger partial charge is 0.224 e. The predicted octanol–water partition coefficient (Wildman–Crippen LogP) is 3.61. The van der Waals surface area contributed by atoms with Crippen LogP contribution >= 0.6 is 11.6 Å². The van der Waals surface area contributed by atoms with Gasteiger partial charge in [-0.3, -0.25) is 0 Å². The van der Waals surface area contributed by atoms with Crippen LogP contribution < -0.4 is 10.6 Å². The highest BCUT2D eigenvalue weighted by Gasteiger charge is 2.03. The Morgan fingerprint density at radius 1 is 1.28 bits per heavy atom. The molecule has 94 valence electrons. The third-order valence-corrected chi connectivity index (χ3v) is 2.93. The molecule has 0 spiro atoms. The summed E-state index contributed by atoms with van der Waals surface area (Å²) in [6.45, 7) is 4.77. The van der Waals surface area contributed by atoms with Crippen molar-refractivity contribution in [1.29, 1.82) is 0 Å². The highest BCUT2D eigenvalue weighted by atomic mass is 35.5. The summed E-state index contributed by atoms with van der Waals surface area (Å²) in [7, 11) is 0. The fraction of sp³-hybridized carbons (Fsp3) is 0.231. The van der Waals surface area contributed by atoms with Gasteiger partial charge in [0.2, 0.25) is 5.95 Å². The molecule has 0 atom stereocenters. The van der Waals surface area contributed by atoms with Gasteiger partial charge in [0.25, 0.3) is 0 Å². The van der Waals surface area contributed by atoms with Crippen LogP contribution in [-0.2, 0) is 0 Å². The van der Waals surface area contributed by atoms with Crippen molar-refractivity contribution >= 4 is 29.1 Å². The molecule has 5 heteroatoms. The van der Waals surface area contributed by atoms with Crippen molar-refractivity contribution in [3.8, 4) is 0 Å². The van der Waals surface area contributed by atoms with Gasteiger partial charge in [-0.1, -0.05) is 17.7 Å². The number of aromatic nitrogens is 2. The third-order valence-electron chi connectivity index (χ3n) is 2.52. The maximum Gasteiger partial charge on any atom is 0.224 e. The molecule has 0 saturated carbocycles. The number of rotatable bonds is 4. The lowest BCUT2D eigenvalue weighted by atomic mass is 10.2. The molecule has 0 aliphatic carbocycles. The van der Waals surface area contributed by atoms with E-state index >= 15 is 0 Å². The van der Waals surface area contributed by atoms with Gasteiger partial charge in [-0.25, -0.2) is 4.98 Å². The fourth-order valence-corrected chi connectivity index (χ4v) is 1.73. The van der Waals surface area contributed by atoms with E-state index in [1.165, 1.54) is 0 Å². The van der Waals surface area contributed by atoms with E-state index in [-0.39, 0.29) is 0 Å². The lowest BCUT2D eigenvalue weighted by molar-refractivity contribution is 1.09. The molecule has 18 heavy (non-hydrogen) atoms. The van der Waals surface area contributed by atoms with Crippen LogP contribution in [0, 0.1) is 6.92 Å². The highest BCUT2D eigenvalue weighted by molar-refractivity contribution is 6.31. The molecule has 0 aliphatic rings. The first-order chi connectivity index (χ1) is 8.70. The second-order valence-corrected chi connectivity index (χ2v) is 4.24. The summed E-state index contributed by atoms with van der Waals surface area (Å²) in [5, 5.41) is 7.04. The van der Waals surface area contributed by atoms with Crippen molar-refractivity contribution in [3.63, 3.8) is 0 Å². The minimum Gasteiger partial charge on any atom is -0.354 e. The molecular weight excluding hydrogens is 248 g/mol. The van der Waals surface area contributed by atoms with Gasteiger partial charge in [-0.2, -0.15) is 4.98 Å². The minimum absolute atomic E-state index is 0.613. The maximum atomic E-state index is 6.08. The van der Waals surface area contributed by atoms with E-state index in [0.29, 0.717) is 5.95 Å². The molecule has 0 bridgehead atoms. The Labute approximate surface area is 111 Å². The lowest BCUT2D eigenvalue weighted by Crippen LogP contribution is -2.04. The molecule has 2 aromatic rings. The lowest BCUT2D eigenvalue weighted by Gasteiger charge is -2.10. The molecule has 1 aromatic heterocycles. The average Bonchev–Trinajstić information content (AvgIpc) is 2.36. The Hall–Kier alpha value is -1.81. The second-order valence-electron chi connectivity index (χ2n) is 3.83. The molecule has 0 amide bonds. The second kappa shape index (κ2) is 5.69. The molecule has 1 heterocycles. The summed E-state index contributed by atoms with van der Waals surface area (Å²) in [6.07, 6.45) is 1.72. The van der Waals surface area contributed by atoms with Crippen molar-refractivity contribution in [2.75, 3.05) is 17.2 Å². The maximum absolute atomic E-state index is 6.08. The minimum atomic E-state index is 0.613. The van der Waals surface area contributed by atoms with Crippen LogP contribution in [-0.4, -0.2) is 16.5 Å². The summed E-state index contributed by atoms with van der Waals surface area (Å²) in [5.74, 6) is 1.36. The van der Waals surface area contributed by atoms with E-state index in [9.17, 15) is 0 Å². The molecule has 0 fully saturated rings. The van der Waals surface area contributed by atoms with Gasteiger partial charge in [0.1, 0.15) is 5.82 Å². The van der Waals surface area contributed by atoms with Crippen LogP contribution in [0.3, 0.4) is 0 Å². The van der Waals surface area contributed by atoms with Gasteiger partial charge in [0, 0.05) is 23.5 Å². The predicted molar refractivity (Wildman–Crippen MR) is 75.7 cm³/mol. The molecule has 2 rings (SSSR count). The van der Waals surface area contributed by atoms with E-state index in [0.717, 1.165) is 28.6 Å². The third kappa shape index (κ3) is 2.90. The van der Waals surface area contributed by atoms with E-state index in [1.807, 2.05) is 38.1 Å². The van der Waals surface area contributed by atoms with Crippen molar-refractivity contribution in [2.24, 2.45) is 0 Å². The summed E-state index contributed by atoms with van der Waals surface area (Å²) < 4.78 is 0. The van der Waals surface area contributed by atoms with E-state index in [4.69, 9.17) is 11.6 Å². The van der Waals surface area contributed by atoms with Gasteiger partial charge < -0.3 is 10.6 Å². The monoisotopic (exact) mass is 262 g/mol. The molecule has 4 nitrogen and oxygen atoms in total. The molecule has 0 unspecified atom stereocenters. The number of nitrogens with zero attached hydrogens (tertiary/aromatic N) is 2. The Kier molecular flexibility index (Phi) is 3.99. The number of nitrogens with one attached hydrogen (secondary N) is 2. The van der Waals surface area contributed by atoms with Gasteiger partial charge in [-0.15, -0.1) is 0 Å². The number of benzene rings is 1. The SMILES string of the molecule is CCNc1nccc(Nc2cccc(Cl)c2C)n1. The first-order valence-corrected chi connectivity index (χ1v) is 6.17. The summed E-state index contributed by atoms with van der Waals surface area (Å²) in [5.41, 5.74) is 1.95. The first kappa shape index (κ1) is 12.6. The van der Waals surface area contributed by atoms with Gasteiger partial charge in [0.15, 0.2) is 0 Å². The summed E-state index contributed by atoms with van der Waals surface area (Å²) in [6, 6.07) is 7.56. The summed E-state index contributed by atoms with van der Waals surface area (Å²) >= 11 is 6.08. The Morgan fingerprint density at radius 2 is 2.11 bits per heavy atom. The van der Waals surface area contributed by atoms with Crippen LogP contribution in [0.5, 0.6) is 0 Å². The topological polar surface area (TPSA) is 49.8 Å². The first-order valence-electron chi connectivity index (χ1n) is 5.79. The molecule has 2 N–H and O–H groups in total. The molecule has 0 aliphatic heterocycles. The zero-order valence-corrected chi connectivity index (χ0v) is 11.1. The van der Waals surface area contributed by atoms with Crippen LogP contribution in [0.1, 0.15) is 12.5 Å². The zero-order chi connectivity index (χ0) is 13.0. The average molecular weight is 263 g/mol. The molecular formula is C13H15ClN4. The van der Waals surface area contributed by atoms with Gasteiger partial charge in [0.05, 0.1) is 0 Å².